The Morgan fingerprint density at radius 2 is 1.95 bits per heavy atom. The highest BCUT2D eigenvalue weighted by molar-refractivity contribution is 9.09. The molecule has 0 heterocycles. The van der Waals surface area contributed by atoms with Crippen LogP contribution in [0, 0.1) is 5.92 Å². The SMILES string of the molecule is COc1ccc(OC)c(C(=O)NCC2CCC(Br)CC2)c1. The van der Waals surface area contributed by atoms with Crippen LogP contribution in [0.1, 0.15) is 36.0 Å². The van der Waals surface area contributed by atoms with Gasteiger partial charge in [0.15, 0.2) is 0 Å². The second-order valence-electron chi connectivity index (χ2n) is 5.39. The number of benzene rings is 1. The van der Waals surface area contributed by atoms with E-state index in [0.29, 0.717) is 27.8 Å². The van der Waals surface area contributed by atoms with Crippen LogP contribution in [0.2, 0.25) is 0 Å². The maximum atomic E-state index is 12.3. The molecule has 21 heavy (non-hydrogen) atoms. The van der Waals surface area contributed by atoms with Crippen LogP contribution in [0.3, 0.4) is 0 Å². The molecule has 0 aliphatic heterocycles. The van der Waals surface area contributed by atoms with Gasteiger partial charge >= 0.3 is 0 Å². The molecule has 5 heteroatoms. The molecule has 1 aromatic carbocycles. The third kappa shape index (κ3) is 4.37. The van der Waals surface area contributed by atoms with E-state index in [4.69, 9.17) is 9.47 Å². The van der Waals surface area contributed by atoms with Crippen molar-refractivity contribution >= 4 is 21.8 Å². The average molecular weight is 356 g/mol. The Bertz CT molecular complexity index is 484. The fraction of sp³-hybridized carbons (Fsp3) is 0.562. The molecule has 0 saturated heterocycles. The molecule has 0 unspecified atom stereocenters. The van der Waals surface area contributed by atoms with Crippen molar-refractivity contribution in [3.05, 3.63) is 23.8 Å². The minimum atomic E-state index is -0.105. The van der Waals surface area contributed by atoms with Crippen molar-refractivity contribution in [1.29, 1.82) is 0 Å². The van der Waals surface area contributed by atoms with Gasteiger partial charge in [0.05, 0.1) is 19.8 Å². The van der Waals surface area contributed by atoms with Crippen LogP contribution >= 0.6 is 15.9 Å². The zero-order valence-corrected chi connectivity index (χ0v) is 14.1. The number of hydrogen-bond acceptors (Lipinski definition) is 3. The smallest absolute Gasteiger partial charge is 0.255 e. The second-order valence-corrected chi connectivity index (χ2v) is 6.69. The summed E-state index contributed by atoms with van der Waals surface area (Å²) >= 11 is 3.65. The van der Waals surface area contributed by atoms with Gasteiger partial charge in [-0.25, -0.2) is 0 Å². The number of amides is 1. The normalized spacial score (nSPS) is 21.7. The number of ether oxygens (including phenoxy) is 2. The lowest BCUT2D eigenvalue weighted by Gasteiger charge is -2.25. The summed E-state index contributed by atoms with van der Waals surface area (Å²) in [6, 6.07) is 5.25. The molecule has 2 rings (SSSR count). The standard InChI is InChI=1S/C16H22BrNO3/c1-20-13-7-8-15(21-2)14(9-13)16(19)18-10-11-3-5-12(17)6-4-11/h7-9,11-12H,3-6,10H2,1-2H3,(H,18,19). The molecule has 0 atom stereocenters. The van der Waals surface area contributed by atoms with Crippen molar-refractivity contribution in [3.8, 4) is 11.5 Å². The van der Waals surface area contributed by atoms with E-state index in [1.807, 2.05) is 0 Å². The van der Waals surface area contributed by atoms with Gasteiger partial charge < -0.3 is 14.8 Å². The third-order valence-corrected chi connectivity index (χ3v) is 4.89. The number of methoxy groups -OCH3 is 2. The molecular formula is C16H22BrNO3. The minimum absolute atomic E-state index is 0.105. The number of nitrogens with one attached hydrogen (secondary N) is 1. The molecule has 0 spiro atoms. The number of halogens is 1. The Balaban J connectivity index is 1.96. The van der Waals surface area contributed by atoms with Crippen molar-refractivity contribution in [1.82, 2.24) is 5.32 Å². The molecule has 1 amide bonds. The summed E-state index contributed by atoms with van der Waals surface area (Å²) in [5.74, 6) is 1.68. The van der Waals surface area contributed by atoms with E-state index in [1.54, 1.807) is 32.4 Å². The van der Waals surface area contributed by atoms with Gasteiger partial charge in [0.2, 0.25) is 0 Å². The van der Waals surface area contributed by atoms with E-state index < -0.39 is 0 Å². The van der Waals surface area contributed by atoms with Crippen LogP contribution in [0.15, 0.2) is 18.2 Å². The summed E-state index contributed by atoms with van der Waals surface area (Å²) in [4.78, 5) is 13.0. The van der Waals surface area contributed by atoms with E-state index >= 15 is 0 Å². The zero-order valence-electron chi connectivity index (χ0n) is 12.5. The van der Waals surface area contributed by atoms with Gasteiger partial charge in [0.1, 0.15) is 11.5 Å². The maximum Gasteiger partial charge on any atom is 0.255 e. The van der Waals surface area contributed by atoms with Gasteiger partial charge in [-0.2, -0.15) is 0 Å². The molecule has 1 fully saturated rings. The summed E-state index contributed by atoms with van der Waals surface area (Å²) in [6.45, 7) is 0.721. The van der Waals surface area contributed by atoms with E-state index in [1.165, 1.54) is 12.8 Å². The number of carbonyl (C=O) groups excluding carboxylic acids is 1. The summed E-state index contributed by atoms with van der Waals surface area (Å²) in [5, 5.41) is 3.02. The Kier molecular flexibility index (Phi) is 5.91. The Hall–Kier alpha value is -1.23. The number of hydrogen-bond donors (Lipinski definition) is 1. The van der Waals surface area contributed by atoms with Crippen LogP contribution in [-0.4, -0.2) is 31.5 Å². The molecule has 0 bridgehead atoms. The van der Waals surface area contributed by atoms with Gasteiger partial charge in [-0.15, -0.1) is 0 Å². The van der Waals surface area contributed by atoms with Crippen LogP contribution in [0.5, 0.6) is 11.5 Å². The van der Waals surface area contributed by atoms with Crippen molar-refractivity contribution in [3.63, 3.8) is 0 Å². The molecule has 4 nitrogen and oxygen atoms in total. The zero-order chi connectivity index (χ0) is 15.2. The third-order valence-electron chi connectivity index (χ3n) is 3.98. The van der Waals surface area contributed by atoms with Crippen molar-refractivity contribution in [2.75, 3.05) is 20.8 Å². The first kappa shape index (κ1) is 16.1. The van der Waals surface area contributed by atoms with Gasteiger partial charge in [0.25, 0.3) is 5.91 Å². The van der Waals surface area contributed by atoms with E-state index in [9.17, 15) is 4.79 Å². The number of rotatable bonds is 5. The molecule has 1 aromatic rings. The fourth-order valence-corrected chi connectivity index (χ4v) is 3.18. The summed E-state index contributed by atoms with van der Waals surface area (Å²) in [7, 11) is 3.15. The average Bonchev–Trinajstić information content (AvgIpc) is 2.53. The summed E-state index contributed by atoms with van der Waals surface area (Å²) in [6.07, 6.45) is 4.68. The first-order valence-corrected chi connectivity index (χ1v) is 8.20. The lowest BCUT2D eigenvalue weighted by molar-refractivity contribution is 0.0940. The van der Waals surface area contributed by atoms with Crippen LogP contribution in [-0.2, 0) is 0 Å². The lowest BCUT2D eigenvalue weighted by Crippen LogP contribution is -2.31. The highest BCUT2D eigenvalue weighted by atomic mass is 79.9. The Morgan fingerprint density at radius 1 is 1.24 bits per heavy atom. The topological polar surface area (TPSA) is 47.6 Å². The van der Waals surface area contributed by atoms with Crippen LogP contribution < -0.4 is 14.8 Å². The maximum absolute atomic E-state index is 12.3. The second kappa shape index (κ2) is 7.69. The number of carbonyl (C=O) groups is 1. The van der Waals surface area contributed by atoms with Crippen LogP contribution in [0.4, 0.5) is 0 Å². The lowest BCUT2D eigenvalue weighted by atomic mass is 9.89. The van der Waals surface area contributed by atoms with Gasteiger partial charge in [0, 0.05) is 11.4 Å². The monoisotopic (exact) mass is 355 g/mol. The first-order chi connectivity index (χ1) is 10.1. The highest BCUT2D eigenvalue weighted by Crippen LogP contribution is 2.28. The van der Waals surface area contributed by atoms with Gasteiger partial charge in [-0.1, -0.05) is 15.9 Å². The summed E-state index contributed by atoms with van der Waals surface area (Å²) < 4.78 is 10.4. The molecule has 1 saturated carbocycles. The van der Waals surface area contributed by atoms with Gasteiger partial charge in [-0.3, -0.25) is 4.79 Å². The molecule has 116 valence electrons. The molecule has 1 N–H and O–H groups in total. The minimum Gasteiger partial charge on any atom is -0.497 e. The van der Waals surface area contributed by atoms with Gasteiger partial charge in [-0.05, 0) is 49.8 Å². The number of alkyl halides is 1. The van der Waals surface area contributed by atoms with E-state index in [0.717, 1.165) is 19.4 Å². The van der Waals surface area contributed by atoms with Crippen molar-refractivity contribution < 1.29 is 14.3 Å². The largest absolute Gasteiger partial charge is 0.497 e. The molecular weight excluding hydrogens is 334 g/mol. The predicted octanol–water partition coefficient (Wildman–Crippen LogP) is 3.39. The molecule has 0 aromatic heterocycles. The molecule has 0 radical (unpaired) electrons. The predicted molar refractivity (Wildman–Crippen MR) is 86.6 cm³/mol. The first-order valence-electron chi connectivity index (χ1n) is 7.28. The quantitative estimate of drug-likeness (QED) is 0.823. The molecule has 1 aliphatic carbocycles. The Morgan fingerprint density at radius 3 is 2.57 bits per heavy atom. The summed E-state index contributed by atoms with van der Waals surface area (Å²) in [5.41, 5.74) is 0.519. The van der Waals surface area contributed by atoms with E-state index in [-0.39, 0.29) is 5.91 Å². The van der Waals surface area contributed by atoms with Crippen molar-refractivity contribution in [2.45, 2.75) is 30.5 Å². The molecule has 1 aliphatic rings. The fourth-order valence-electron chi connectivity index (χ4n) is 2.65. The highest BCUT2D eigenvalue weighted by Gasteiger charge is 2.20. The van der Waals surface area contributed by atoms with Crippen LogP contribution in [0.25, 0.3) is 0 Å². The Labute approximate surface area is 134 Å². The van der Waals surface area contributed by atoms with Crippen molar-refractivity contribution in [2.24, 2.45) is 5.92 Å². The van der Waals surface area contributed by atoms with E-state index in [2.05, 4.69) is 21.2 Å².